The van der Waals surface area contributed by atoms with Gasteiger partial charge in [0.2, 0.25) is 11.9 Å². The number of alkyl halides is 3. The molecule has 212 valence electrons. The summed E-state index contributed by atoms with van der Waals surface area (Å²) in [6.45, 7) is 5.84. The average molecular weight is 580 g/mol. The molecule has 12 nitrogen and oxygen atoms in total. The van der Waals surface area contributed by atoms with Crippen LogP contribution in [-0.4, -0.2) is 57.1 Å². The molecule has 40 heavy (non-hydrogen) atoms. The Morgan fingerprint density at radius 3 is 2.65 bits per heavy atom. The third kappa shape index (κ3) is 6.80. The summed E-state index contributed by atoms with van der Waals surface area (Å²) in [4.78, 5) is 50.9. The van der Waals surface area contributed by atoms with Crippen LogP contribution >= 0.6 is 11.3 Å². The van der Waals surface area contributed by atoms with Crippen LogP contribution in [0.1, 0.15) is 32.9 Å². The third-order valence-corrected chi connectivity index (χ3v) is 6.50. The molecule has 0 saturated carbocycles. The van der Waals surface area contributed by atoms with Crippen molar-refractivity contribution < 1.29 is 32.4 Å². The van der Waals surface area contributed by atoms with Gasteiger partial charge >= 0.3 is 12.3 Å². The summed E-state index contributed by atoms with van der Waals surface area (Å²) in [7, 11) is 0. The molecule has 0 spiro atoms. The number of hydrogen-bond donors (Lipinski definition) is 1. The van der Waals surface area contributed by atoms with Gasteiger partial charge in [0.05, 0.1) is 22.0 Å². The highest BCUT2D eigenvalue weighted by atomic mass is 32.1. The van der Waals surface area contributed by atoms with Crippen LogP contribution in [0.15, 0.2) is 36.7 Å². The molecule has 1 aliphatic rings. The molecule has 1 saturated heterocycles. The van der Waals surface area contributed by atoms with Gasteiger partial charge in [0.25, 0.3) is 5.69 Å². The number of carbonyl (C=O) groups excluding carboxylic acids is 2. The molecule has 16 heteroatoms. The maximum atomic E-state index is 13.4. The molecular weight excluding hydrogens is 555 g/mol. The van der Waals surface area contributed by atoms with Crippen molar-refractivity contribution in [1.82, 2.24) is 20.3 Å². The minimum atomic E-state index is -4.84. The van der Waals surface area contributed by atoms with Crippen LogP contribution in [0.25, 0.3) is 10.4 Å². The fraction of sp³-hybridized carbons (Fsp3) is 0.375. The number of non-ortho nitro benzene ring substituents is 1. The predicted octanol–water partition coefficient (Wildman–Crippen LogP) is 4.93. The number of ether oxygens (including phenoxy) is 1. The van der Waals surface area contributed by atoms with Crippen LogP contribution in [0.3, 0.4) is 0 Å². The van der Waals surface area contributed by atoms with Crippen LogP contribution in [0.2, 0.25) is 0 Å². The zero-order chi connectivity index (χ0) is 29.2. The number of nitrogens with zero attached hydrogens (tertiary/aromatic N) is 6. The minimum Gasteiger partial charge on any atom is -0.443 e. The Hall–Kier alpha value is -4.34. The van der Waals surface area contributed by atoms with Crippen molar-refractivity contribution in [3.05, 3.63) is 52.5 Å². The van der Waals surface area contributed by atoms with E-state index in [0.29, 0.717) is 40.5 Å². The number of rotatable bonds is 5. The largest absolute Gasteiger partial charge is 0.443 e. The average Bonchev–Trinajstić information content (AvgIpc) is 3.25. The first-order valence-electron chi connectivity index (χ1n) is 11.9. The Bertz CT molecular complexity index is 1440. The number of halogens is 3. The Labute approximate surface area is 230 Å². The lowest BCUT2D eigenvalue weighted by molar-refractivity contribution is -0.384. The van der Waals surface area contributed by atoms with Gasteiger partial charge in [0.1, 0.15) is 11.3 Å². The Kier molecular flexibility index (Phi) is 7.91. The Balaban J connectivity index is 1.82. The van der Waals surface area contributed by atoms with Crippen LogP contribution in [-0.2, 0) is 15.7 Å². The summed E-state index contributed by atoms with van der Waals surface area (Å²) in [6, 6.07) is 4.26. The molecule has 1 fully saturated rings. The number of benzene rings is 1. The molecule has 1 N–H and O–H groups in total. The van der Waals surface area contributed by atoms with Crippen molar-refractivity contribution in [3.8, 4) is 10.4 Å². The van der Waals surface area contributed by atoms with Crippen LogP contribution < -0.4 is 15.1 Å². The highest BCUT2D eigenvalue weighted by molar-refractivity contribution is 7.18. The number of nitro groups is 1. The number of thiazole rings is 1. The van der Waals surface area contributed by atoms with Gasteiger partial charge in [0.15, 0.2) is 5.13 Å². The molecule has 4 rings (SSSR count). The molecule has 0 bridgehead atoms. The highest BCUT2D eigenvalue weighted by Gasteiger charge is 2.35. The molecule has 0 atom stereocenters. The normalized spacial score (nSPS) is 14.3. The summed E-state index contributed by atoms with van der Waals surface area (Å²) in [6.07, 6.45) is -2.99. The first-order valence-corrected chi connectivity index (χ1v) is 12.7. The zero-order valence-electron chi connectivity index (χ0n) is 21.6. The maximum absolute atomic E-state index is 13.4. The molecule has 1 aromatic carbocycles. The van der Waals surface area contributed by atoms with Gasteiger partial charge in [-0.05, 0) is 39.3 Å². The topological polar surface area (TPSA) is 144 Å². The van der Waals surface area contributed by atoms with E-state index in [1.54, 1.807) is 25.7 Å². The SMILES string of the molecule is CC(C)(C)OC(=O)N(c1cc(-c2cnc(N3CCCNC(=O)C3)s2)cc([N+](=O)[O-])c1)c1nccc(C(F)(F)F)n1. The molecule has 0 aliphatic carbocycles. The molecule has 3 aromatic rings. The van der Waals surface area contributed by atoms with E-state index in [-0.39, 0.29) is 23.7 Å². The molecule has 2 amide bonds. The van der Waals surface area contributed by atoms with Gasteiger partial charge in [-0.15, -0.1) is 0 Å². The number of nitrogens with one attached hydrogen (secondary N) is 1. The van der Waals surface area contributed by atoms with Crippen molar-refractivity contribution in [2.75, 3.05) is 29.4 Å². The minimum absolute atomic E-state index is 0.0897. The van der Waals surface area contributed by atoms with Crippen LogP contribution in [0.4, 0.5) is 40.4 Å². The lowest BCUT2D eigenvalue weighted by Gasteiger charge is -2.26. The quantitative estimate of drug-likeness (QED) is 0.329. The van der Waals surface area contributed by atoms with Crippen LogP contribution in [0.5, 0.6) is 0 Å². The number of carbonyl (C=O) groups is 2. The lowest BCUT2D eigenvalue weighted by Crippen LogP contribution is -2.35. The standard InChI is InChI=1S/C24H24F3N7O5S/c1-23(2,3)39-22(36)33(20-29-7-5-18(31-20)24(25,26)27)15-9-14(10-16(11-15)34(37)38)17-12-30-21(40-17)32-8-4-6-28-19(35)13-32/h5,7,9-12H,4,6,8,13H2,1-3H3,(H,28,35). The first-order chi connectivity index (χ1) is 18.7. The Morgan fingerprint density at radius 2 is 1.98 bits per heavy atom. The molecule has 1 aliphatic heterocycles. The van der Waals surface area contributed by atoms with E-state index in [1.165, 1.54) is 18.3 Å². The predicted molar refractivity (Wildman–Crippen MR) is 139 cm³/mol. The van der Waals surface area contributed by atoms with Gasteiger partial charge in [-0.25, -0.2) is 24.6 Å². The monoisotopic (exact) mass is 579 g/mol. The second-order valence-corrected chi connectivity index (χ2v) is 10.7. The fourth-order valence-electron chi connectivity index (χ4n) is 3.71. The second kappa shape index (κ2) is 11.0. The summed E-state index contributed by atoms with van der Waals surface area (Å²) < 4.78 is 45.6. The first kappa shape index (κ1) is 28.7. The highest BCUT2D eigenvalue weighted by Crippen LogP contribution is 2.38. The van der Waals surface area contributed by atoms with E-state index in [2.05, 4.69) is 20.3 Å². The van der Waals surface area contributed by atoms with E-state index >= 15 is 0 Å². The Morgan fingerprint density at radius 1 is 1.23 bits per heavy atom. The van der Waals surface area contributed by atoms with Crippen molar-refractivity contribution in [2.24, 2.45) is 0 Å². The molecule has 2 aromatic heterocycles. The van der Waals surface area contributed by atoms with Crippen LogP contribution in [0, 0.1) is 10.1 Å². The smallest absolute Gasteiger partial charge is 0.433 e. The van der Waals surface area contributed by atoms with E-state index in [9.17, 15) is 32.9 Å². The number of aromatic nitrogens is 3. The van der Waals surface area contributed by atoms with Gasteiger partial charge in [-0.2, -0.15) is 13.2 Å². The molecule has 3 heterocycles. The van der Waals surface area contributed by atoms with Gasteiger partial charge < -0.3 is 15.0 Å². The van der Waals surface area contributed by atoms with Crippen molar-refractivity contribution in [1.29, 1.82) is 0 Å². The zero-order valence-corrected chi connectivity index (χ0v) is 22.4. The van der Waals surface area contributed by atoms with Crippen molar-refractivity contribution >= 4 is 45.8 Å². The number of hydrogen-bond acceptors (Lipinski definition) is 10. The third-order valence-electron chi connectivity index (χ3n) is 5.39. The van der Waals surface area contributed by atoms with Crippen molar-refractivity contribution in [2.45, 2.75) is 39.0 Å². The molecule has 0 radical (unpaired) electrons. The number of anilines is 3. The fourth-order valence-corrected chi connectivity index (χ4v) is 4.64. The van der Waals surface area contributed by atoms with Gasteiger partial charge in [-0.1, -0.05) is 11.3 Å². The summed E-state index contributed by atoms with van der Waals surface area (Å²) in [5.41, 5.74) is -2.76. The molecule has 0 unspecified atom stereocenters. The summed E-state index contributed by atoms with van der Waals surface area (Å²) in [5.74, 6) is -0.850. The lowest BCUT2D eigenvalue weighted by atomic mass is 10.1. The molecular formula is C24H24F3N7O5S. The second-order valence-electron chi connectivity index (χ2n) is 9.68. The van der Waals surface area contributed by atoms with E-state index in [4.69, 9.17) is 4.74 Å². The van der Waals surface area contributed by atoms with E-state index < -0.39 is 40.1 Å². The van der Waals surface area contributed by atoms with Gasteiger partial charge in [0, 0.05) is 43.2 Å². The summed E-state index contributed by atoms with van der Waals surface area (Å²) in [5, 5.41) is 15.1. The van der Waals surface area contributed by atoms with E-state index in [1.807, 2.05) is 0 Å². The van der Waals surface area contributed by atoms with Gasteiger partial charge in [-0.3, -0.25) is 14.9 Å². The summed E-state index contributed by atoms with van der Waals surface area (Å²) >= 11 is 1.16. The number of amides is 2. The number of nitro benzene ring substituents is 1. The maximum Gasteiger partial charge on any atom is 0.433 e. The van der Waals surface area contributed by atoms with E-state index in [0.717, 1.165) is 23.6 Å². The van der Waals surface area contributed by atoms with Crippen molar-refractivity contribution in [3.63, 3.8) is 0 Å².